The summed E-state index contributed by atoms with van der Waals surface area (Å²) in [4.78, 5) is 15.2. The monoisotopic (exact) mass is 196 g/mol. The Morgan fingerprint density at radius 3 is 3.15 bits per heavy atom. The molecule has 0 aliphatic rings. The fraction of sp³-hybridized carbons (Fsp3) is 0.250. The third-order valence-electron chi connectivity index (χ3n) is 1.20. The maximum atomic E-state index is 10.6. The second kappa shape index (κ2) is 4.48. The van der Waals surface area contributed by atoms with Crippen LogP contribution in [-0.4, -0.2) is 18.1 Å². The Balaban J connectivity index is 2.53. The van der Waals surface area contributed by atoms with Crippen LogP contribution >= 0.6 is 11.3 Å². The van der Waals surface area contributed by atoms with Gasteiger partial charge in [-0.15, -0.1) is 0 Å². The molecule has 1 aromatic heterocycles. The Morgan fingerprint density at radius 1 is 1.85 bits per heavy atom. The molecule has 0 bridgehead atoms. The number of nitrogen functional groups attached to an aromatic ring is 1. The van der Waals surface area contributed by atoms with Gasteiger partial charge in [0.05, 0.1) is 18.2 Å². The van der Waals surface area contributed by atoms with E-state index < -0.39 is 0 Å². The van der Waals surface area contributed by atoms with E-state index >= 15 is 0 Å². The molecule has 68 valence electrons. The predicted molar refractivity (Wildman–Crippen MR) is 50.0 cm³/mol. The van der Waals surface area contributed by atoms with Gasteiger partial charge in [0.2, 0.25) is 0 Å². The van der Waals surface area contributed by atoms with E-state index in [1.54, 1.807) is 6.20 Å². The lowest BCUT2D eigenvalue weighted by Gasteiger charge is -1.88. The Morgan fingerprint density at radius 2 is 2.62 bits per heavy atom. The molecule has 0 aliphatic carbocycles. The van der Waals surface area contributed by atoms with E-state index in [2.05, 4.69) is 21.6 Å². The van der Waals surface area contributed by atoms with E-state index in [0.29, 0.717) is 5.13 Å². The molecule has 0 aliphatic heterocycles. The number of carbonyl (C=O) groups excluding carboxylic acids is 1. The van der Waals surface area contributed by atoms with Gasteiger partial charge in [-0.3, -0.25) is 4.79 Å². The van der Waals surface area contributed by atoms with Crippen molar-refractivity contribution < 1.29 is 9.53 Å². The van der Waals surface area contributed by atoms with Crippen LogP contribution in [0.15, 0.2) is 6.20 Å². The van der Waals surface area contributed by atoms with E-state index in [-0.39, 0.29) is 12.4 Å². The van der Waals surface area contributed by atoms with Crippen LogP contribution in [0.5, 0.6) is 0 Å². The second-order valence-electron chi connectivity index (χ2n) is 2.12. The number of aromatic nitrogens is 1. The van der Waals surface area contributed by atoms with Crippen LogP contribution in [0.3, 0.4) is 0 Å². The molecule has 0 saturated carbocycles. The summed E-state index contributed by atoms with van der Waals surface area (Å²) in [5.41, 5.74) is 5.38. The first-order valence-corrected chi connectivity index (χ1v) is 4.31. The molecule has 5 heteroatoms. The molecule has 1 heterocycles. The molecule has 1 rings (SSSR count). The fourth-order valence-electron chi connectivity index (χ4n) is 0.621. The van der Waals surface area contributed by atoms with Gasteiger partial charge in [-0.1, -0.05) is 23.2 Å². The summed E-state index contributed by atoms with van der Waals surface area (Å²) in [7, 11) is 1.33. The SMILES string of the molecule is COC(=O)CC#Cc1cnc(N)s1. The highest BCUT2D eigenvalue weighted by Gasteiger charge is 1.95. The van der Waals surface area contributed by atoms with Gasteiger partial charge in [-0.2, -0.15) is 0 Å². The lowest BCUT2D eigenvalue weighted by atomic mass is 10.4. The maximum Gasteiger partial charge on any atom is 0.317 e. The zero-order valence-corrected chi connectivity index (χ0v) is 7.85. The van der Waals surface area contributed by atoms with E-state index in [9.17, 15) is 4.79 Å². The van der Waals surface area contributed by atoms with Crippen molar-refractivity contribution in [1.82, 2.24) is 4.98 Å². The largest absolute Gasteiger partial charge is 0.468 e. The first kappa shape index (κ1) is 9.55. The number of nitrogens with zero attached hydrogens (tertiary/aromatic N) is 1. The first-order chi connectivity index (χ1) is 6.22. The molecule has 1 aromatic rings. The summed E-state index contributed by atoms with van der Waals surface area (Å²) in [6, 6.07) is 0. The average molecular weight is 196 g/mol. The van der Waals surface area contributed by atoms with E-state index in [1.165, 1.54) is 18.4 Å². The van der Waals surface area contributed by atoms with Crippen molar-refractivity contribution in [3.8, 4) is 11.8 Å². The molecule has 0 radical (unpaired) electrons. The van der Waals surface area contributed by atoms with E-state index in [0.717, 1.165) is 4.88 Å². The van der Waals surface area contributed by atoms with Crippen molar-refractivity contribution in [2.75, 3.05) is 12.8 Å². The number of nitrogens with two attached hydrogens (primary N) is 1. The Kier molecular flexibility index (Phi) is 3.29. The summed E-state index contributed by atoms with van der Waals surface area (Å²) in [6.07, 6.45) is 1.67. The summed E-state index contributed by atoms with van der Waals surface area (Å²) >= 11 is 1.29. The summed E-state index contributed by atoms with van der Waals surface area (Å²) in [5.74, 6) is 5.07. The van der Waals surface area contributed by atoms with Crippen LogP contribution in [0.4, 0.5) is 5.13 Å². The summed E-state index contributed by atoms with van der Waals surface area (Å²) in [5, 5.41) is 0.474. The lowest BCUT2D eigenvalue weighted by molar-refractivity contribution is -0.139. The van der Waals surface area contributed by atoms with Gasteiger partial charge >= 0.3 is 5.97 Å². The van der Waals surface area contributed by atoms with Crippen LogP contribution in [0.25, 0.3) is 0 Å². The molecule has 0 aromatic carbocycles. The van der Waals surface area contributed by atoms with Crippen LogP contribution in [0.2, 0.25) is 0 Å². The minimum Gasteiger partial charge on any atom is -0.468 e. The quantitative estimate of drug-likeness (QED) is 0.528. The molecule has 0 saturated heterocycles. The molecular weight excluding hydrogens is 188 g/mol. The number of carbonyl (C=O) groups is 1. The minimum atomic E-state index is -0.343. The highest BCUT2D eigenvalue weighted by atomic mass is 32.1. The molecule has 0 spiro atoms. The van der Waals surface area contributed by atoms with Crippen LogP contribution < -0.4 is 5.73 Å². The molecule has 13 heavy (non-hydrogen) atoms. The minimum absolute atomic E-state index is 0.0916. The molecular formula is C8H8N2O2S. The van der Waals surface area contributed by atoms with Gasteiger partial charge in [0.25, 0.3) is 0 Å². The average Bonchev–Trinajstić information content (AvgIpc) is 2.51. The number of rotatable bonds is 1. The van der Waals surface area contributed by atoms with Gasteiger partial charge in [0, 0.05) is 0 Å². The smallest absolute Gasteiger partial charge is 0.317 e. The number of hydrogen-bond acceptors (Lipinski definition) is 5. The fourth-order valence-corrected chi connectivity index (χ4v) is 1.18. The molecule has 0 unspecified atom stereocenters. The van der Waals surface area contributed by atoms with Gasteiger partial charge in [-0.05, 0) is 0 Å². The third kappa shape index (κ3) is 3.13. The molecule has 0 amide bonds. The van der Waals surface area contributed by atoms with Gasteiger partial charge < -0.3 is 10.5 Å². The van der Waals surface area contributed by atoms with Crippen LogP contribution in [0, 0.1) is 11.8 Å². The number of hydrogen-bond donors (Lipinski definition) is 1. The van der Waals surface area contributed by atoms with E-state index in [4.69, 9.17) is 5.73 Å². The van der Waals surface area contributed by atoms with Gasteiger partial charge in [0.1, 0.15) is 6.42 Å². The molecule has 0 atom stereocenters. The standard InChI is InChI=1S/C8H8N2O2S/c1-12-7(11)4-2-3-6-5-10-8(9)13-6/h5H,4H2,1H3,(H2,9,10). The highest BCUT2D eigenvalue weighted by molar-refractivity contribution is 7.15. The van der Waals surface area contributed by atoms with Crippen molar-refractivity contribution >= 4 is 22.4 Å². The Bertz CT molecular complexity index is 362. The second-order valence-corrected chi connectivity index (χ2v) is 3.18. The van der Waals surface area contributed by atoms with Crippen LogP contribution in [-0.2, 0) is 9.53 Å². The Hall–Kier alpha value is -1.54. The van der Waals surface area contributed by atoms with Gasteiger partial charge in [0.15, 0.2) is 5.13 Å². The third-order valence-corrected chi connectivity index (χ3v) is 1.94. The molecule has 0 fully saturated rings. The number of ether oxygens (including phenoxy) is 1. The zero-order valence-electron chi connectivity index (χ0n) is 7.03. The zero-order chi connectivity index (χ0) is 9.68. The Labute approximate surface area is 79.7 Å². The van der Waals surface area contributed by atoms with Crippen LogP contribution in [0.1, 0.15) is 11.3 Å². The van der Waals surface area contributed by atoms with Crippen molar-refractivity contribution in [3.63, 3.8) is 0 Å². The maximum absolute atomic E-state index is 10.6. The number of thiazole rings is 1. The first-order valence-electron chi connectivity index (χ1n) is 3.49. The van der Waals surface area contributed by atoms with Crippen molar-refractivity contribution in [3.05, 3.63) is 11.1 Å². The topological polar surface area (TPSA) is 65.2 Å². The lowest BCUT2D eigenvalue weighted by Crippen LogP contribution is -1.96. The highest BCUT2D eigenvalue weighted by Crippen LogP contribution is 2.12. The van der Waals surface area contributed by atoms with E-state index in [1.807, 2.05) is 0 Å². The molecule has 2 N–H and O–H groups in total. The summed E-state index contributed by atoms with van der Waals surface area (Å²) < 4.78 is 4.42. The van der Waals surface area contributed by atoms with Crippen molar-refractivity contribution in [1.29, 1.82) is 0 Å². The normalized spacial score (nSPS) is 8.69. The number of anilines is 1. The van der Waals surface area contributed by atoms with Crippen molar-refractivity contribution in [2.24, 2.45) is 0 Å². The van der Waals surface area contributed by atoms with Crippen molar-refractivity contribution in [2.45, 2.75) is 6.42 Å². The van der Waals surface area contributed by atoms with Gasteiger partial charge in [-0.25, -0.2) is 4.98 Å². The number of esters is 1. The summed E-state index contributed by atoms with van der Waals surface area (Å²) in [6.45, 7) is 0. The predicted octanol–water partition coefficient (Wildman–Crippen LogP) is 0.640. The number of methoxy groups -OCH3 is 1. The molecule has 4 nitrogen and oxygen atoms in total.